The maximum Gasteiger partial charge on any atom is 0.230 e. The van der Waals surface area contributed by atoms with Crippen molar-refractivity contribution >= 4 is 28.1 Å². The number of nitrogens with two attached hydrogens (primary N) is 1. The average Bonchev–Trinajstić information content (AvgIpc) is 3.27. The van der Waals surface area contributed by atoms with E-state index in [0.29, 0.717) is 11.3 Å². The topological polar surface area (TPSA) is 100 Å². The second-order valence-corrected chi connectivity index (χ2v) is 5.91. The highest BCUT2D eigenvalue weighted by molar-refractivity contribution is 7.13. The fraction of sp³-hybridized carbons (Fsp3) is 0.238. The van der Waals surface area contributed by atoms with Gasteiger partial charge in [0.15, 0.2) is 5.13 Å². The van der Waals surface area contributed by atoms with Crippen LogP contribution in [0.1, 0.15) is 43.5 Å². The molecule has 0 aliphatic rings. The molecule has 0 radical (unpaired) electrons. The third-order valence-electron chi connectivity index (χ3n) is 3.07. The van der Waals surface area contributed by atoms with Gasteiger partial charge in [-0.15, -0.1) is 11.3 Å². The average molecular weight is 412 g/mol. The van der Waals surface area contributed by atoms with E-state index in [0.717, 1.165) is 0 Å². The quantitative estimate of drug-likeness (QED) is 0.434. The molecule has 7 heteroatoms. The van der Waals surface area contributed by atoms with Crippen molar-refractivity contribution in [1.82, 2.24) is 10.3 Å². The van der Waals surface area contributed by atoms with Crippen LogP contribution in [-0.4, -0.2) is 29.0 Å². The highest BCUT2D eigenvalue weighted by Gasteiger charge is 2.08. The molecular formula is C21H24N4O2S. The molecule has 2 aromatic carbocycles. The molecule has 3 rings (SSSR count). The summed E-state index contributed by atoms with van der Waals surface area (Å²) in [4.78, 5) is 16.4. The first-order valence-corrected chi connectivity index (χ1v) is 8.60. The Labute approximate surface area is 189 Å². The van der Waals surface area contributed by atoms with Crippen molar-refractivity contribution < 1.29 is 30.5 Å². The molecule has 146 valence electrons. The van der Waals surface area contributed by atoms with E-state index in [1.807, 2.05) is 5.32 Å². The van der Waals surface area contributed by atoms with E-state index >= 15 is 0 Å². The molecular weight excluding hydrogens is 372 g/mol. The number of thiazole rings is 1. The Balaban J connectivity index is 1.86. The van der Waals surface area contributed by atoms with Crippen LogP contribution >= 0.6 is 11.3 Å². The summed E-state index contributed by atoms with van der Waals surface area (Å²) in [6.07, 6.45) is -6.76. The lowest BCUT2D eigenvalue weighted by Gasteiger charge is -2.12. The maximum atomic E-state index is 12.7. The van der Waals surface area contributed by atoms with Crippen molar-refractivity contribution in [1.29, 1.82) is 0 Å². The van der Waals surface area contributed by atoms with E-state index in [9.17, 15) is 9.90 Å². The van der Waals surface area contributed by atoms with E-state index in [1.165, 1.54) is 0 Å². The van der Waals surface area contributed by atoms with E-state index in [-0.39, 0.29) is 10.7 Å². The molecule has 3 aromatic rings. The number of amides is 1. The molecule has 1 atom stereocenters. The SMILES string of the molecule is [2H]c1sc(N)nc1C([2H])([2H])C(=O)Nc1c([2H])c([2H])c(CCNC([2H])([2H])[C@]([2H])(O)c2c([2H])c([2H])c([2H])c([2H])c2[2H])c([2H])c1[2H]. The second kappa shape index (κ2) is 9.98. The van der Waals surface area contributed by atoms with Crippen molar-refractivity contribution in [2.45, 2.75) is 18.9 Å². The minimum atomic E-state index is -3.41. The van der Waals surface area contributed by atoms with Crippen LogP contribution in [0.3, 0.4) is 0 Å². The lowest BCUT2D eigenvalue weighted by atomic mass is 10.1. The molecule has 1 heterocycles. The highest BCUT2D eigenvalue weighted by atomic mass is 32.1. The number of nitrogens with one attached hydrogen (secondary N) is 2. The summed E-state index contributed by atoms with van der Waals surface area (Å²) in [5, 5.41) is 14.3. The Bertz CT molecular complexity index is 1550. The molecule has 0 saturated carbocycles. The van der Waals surface area contributed by atoms with Crippen LogP contribution in [0.15, 0.2) is 59.7 Å². The number of carbonyl (C=O) groups excluding carboxylic acids is 1. The van der Waals surface area contributed by atoms with Crippen molar-refractivity contribution in [3.8, 4) is 0 Å². The molecule has 5 N–H and O–H groups in total. The van der Waals surface area contributed by atoms with Crippen molar-refractivity contribution in [2.75, 3.05) is 24.1 Å². The lowest BCUT2D eigenvalue weighted by Crippen LogP contribution is -2.23. The Hall–Kier alpha value is -2.74. The number of aromatic nitrogens is 1. The summed E-state index contributed by atoms with van der Waals surface area (Å²) >= 11 is 0.622. The molecule has 0 spiro atoms. The largest absolute Gasteiger partial charge is 0.387 e. The third-order valence-corrected chi connectivity index (χ3v) is 3.66. The Morgan fingerprint density at radius 3 is 2.71 bits per heavy atom. The third kappa shape index (κ3) is 6.16. The maximum absolute atomic E-state index is 12.7. The number of rotatable bonds is 9. The highest BCUT2D eigenvalue weighted by Crippen LogP contribution is 2.14. The van der Waals surface area contributed by atoms with Crippen LogP contribution in [0.25, 0.3) is 0 Å². The molecule has 0 saturated heterocycles. The molecule has 1 amide bonds. The number of anilines is 2. The lowest BCUT2D eigenvalue weighted by molar-refractivity contribution is -0.115. The van der Waals surface area contributed by atoms with Crippen LogP contribution in [-0.2, 0) is 17.6 Å². The molecule has 0 bridgehead atoms. The van der Waals surface area contributed by atoms with Crippen LogP contribution < -0.4 is 16.4 Å². The first-order chi connectivity index (χ1) is 19.6. The van der Waals surface area contributed by atoms with E-state index in [1.54, 1.807) is 0 Å². The summed E-state index contributed by atoms with van der Waals surface area (Å²) in [7, 11) is 0. The van der Waals surface area contributed by atoms with E-state index < -0.39 is 115 Å². The Morgan fingerprint density at radius 1 is 1.29 bits per heavy atom. The van der Waals surface area contributed by atoms with Gasteiger partial charge in [0.05, 0.1) is 33.2 Å². The summed E-state index contributed by atoms with van der Waals surface area (Å²) in [6.45, 7) is -3.69. The van der Waals surface area contributed by atoms with Crippen molar-refractivity contribution in [3.05, 3.63) is 76.6 Å². The van der Waals surface area contributed by atoms with Gasteiger partial charge < -0.3 is 21.5 Å². The second-order valence-electron chi connectivity index (χ2n) is 5.09. The minimum absolute atomic E-state index is 0.166. The zero-order chi connectivity index (χ0) is 33.0. The molecule has 0 aliphatic carbocycles. The van der Waals surface area contributed by atoms with Gasteiger partial charge in [0, 0.05) is 23.0 Å². The van der Waals surface area contributed by atoms with E-state index in [4.69, 9.17) is 26.3 Å². The molecule has 0 fully saturated rings. The summed E-state index contributed by atoms with van der Waals surface area (Å²) < 4.78 is 120. The number of hydrogen-bond donors (Lipinski definition) is 4. The normalized spacial score (nSPS) is 21.7. The summed E-state index contributed by atoms with van der Waals surface area (Å²) in [5.41, 5.74) is 2.89. The fourth-order valence-electron chi connectivity index (χ4n) is 1.85. The summed E-state index contributed by atoms with van der Waals surface area (Å²) in [5.74, 6) is -1.43. The first-order valence-electron chi connectivity index (χ1n) is 15.3. The zero-order valence-corrected chi connectivity index (χ0v) is 15.0. The number of hydrogen-bond acceptors (Lipinski definition) is 6. The fourth-order valence-corrected chi connectivity index (χ4v) is 2.29. The predicted molar refractivity (Wildman–Crippen MR) is 113 cm³/mol. The Morgan fingerprint density at radius 2 is 2.04 bits per heavy atom. The van der Waals surface area contributed by atoms with Gasteiger partial charge >= 0.3 is 0 Å². The van der Waals surface area contributed by atoms with Gasteiger partial charge in [0.2, 0.25) is 5.91 Å². The standard InChI is InChI=1S/C21H24N4O2S/c22-21-25-18(14-28-21)12-20(27)24-17-8-6-15(7-9-17)10-11-23-13-19(26)16-4-2-1-3-5-16/h1-9,14,19,23,26H,10-13H2,(H2,22,25)(H,24,27)/t19-/m0/s1/i1D,2D,3D,4D,5D,6D,7D,8D,9D,12D2,13D2,14D,19D. The molecule has 0 aliphatic heterocycles. The van der Waals surface area contributed by atoms with Gasteiger partial charge in [0.1, 0.15) is 0 Å². The minimum Gasteiger partial charge on any atom is -0.387 e. The monoisotopic (exact) mass is 411 g/mol. The zero-order valence-electron chi connectivity index (χ0n) is 29.2. The molecule has 6 nitrogen and oxygen atoms in total. The van der Waals surface area contributed by atoms with E-state index in [2.05, 4.69) is 10.3 Å². The molecule has 28 heavy (non-hydrogen) atoms. The molecule has 0 unspecified atom stereocenters. The van der Waals surface area contributed by atoms with Crippen LogP contribution in [0.2, 0.25) is 0 Å². The van der Waals surface area contributed by atoms with Crippen LogP contribution in [0, 0.1) is 0 Å². The number of nitrogens with zero attached hydrogens (tertiary/aromatic N) is 1. The van der Waals surface area contributed by atoms with Crippen LogP contribution in [0.5, 0.6) is 0 Å². The van der Waals surface area contributed by atoms with Gasteiger partial charge in [-0.25, -0.2) is 4.98 Å². The van der Waals surface area contributed by atoms with Crippen molar-refractivity contribution in [2.24, 2.45) is 0 Å². The van der Waals surface area contributed by atoms with Gasteiger partial charge in [0.25, 0.3) is 0 Å². The van der Waals surface area contributed by atoms with Gasteiger partial charge in [-0.1, -0.05) is 42.3 Å². The number of aliphatic hydroxyl groups is 1. The number of nitrogen functional groups attached to an aromatic ring is 1. The number of benzene rings is 2. The first kappa shape index (κ1) is 8.32. The van der Waals surface area contributed by atoms with Crippen LogP contribution in [0.4, 0.5) is 10.8 Å². The van der Waals surface area contributed by atoms with Gasteiger partial charge in [-0.05, 0) is 36.2 Å². The van der Waals surface area contributed by atoms with Gasteiger partial charge in [-0.2, -0.15) is 0 Å². The van der Waals surface area contributed by atoms with Crippen molar-refractivity contribution in [3.63, 3.8) is 0 Å². The van der Waals surface area contributed by atoms with Gasteiger partial charge in [-0.3, -0.25) is 4.79 Å². The predicted octanol–water partition coefficient (Wildman–Crippen LogP) is 2.77. The molecule has 1 aromatic heterocycles. The smallest absolute Gasteiger partial charge is 0.230 e. The summed E-state index contributed by atoms with van der Waals surface area (Å²) in [6, 6.07) is -7.48. The Kier molecular flexibility index (Phi) is 2.97. The number of carbonyl (C=O) groups is 1.